The molecule has 0 spiro atoms. The number of methoxy groups -OCH3 is 1. The van der Waals surface area contributed by atoms with Gasteiger partial charge in [-0.15, -0.1) is 0 Å². The van der Waals surface area contributed by atoms with Crippen molar-refractivity contribution in [3.63, 3.8) is 0 Å². The zero-order valence-corrected chi connectivity index (χ0v) is 9.46. The molecule has 0 unspecified atom stereocenters. The van der Waals surface area contributed by atoms with Crippen molar-refractivity contribution in [2.45, 2.75) is 19.1 Å². The van der Waals surface area contributed by atoms with Gasteiger partial charge in [0.05, 0.1) is 13.5 Å². The van der Waals surface area contributed by atoms with E-state index < -0.39 is 24.5 Å². The summed E-state index contributed by atoms with van der Waals surface area (Å²) < 4.78 is 9.17. The van der Waals surface area contributed by atoms with Gasteiger partial charge in [-0.25, -0.2) is 4.79 Å². The van der Waals surface area contributed by atoms with Crippen molar-refractivity contribution in [3.8, 4) is 0 Å². The number of hydrogen-bond acceptors (Lipinski definition) is 5. The number of esters is 2. The summed E-state index contributed by atoms with van der Waals surface area (Å²) in [5, 5.41) is 9.32. The van der Waals surface area contributed by atoms with Gasteiger partial charge < -0.3 is 14.6 Å². The zero-order chi connectivity index (χ0) is 12.7. The molecule has 1 rings (SSSR count). The number of ether oxygens (including phenoxy) is 2. The summed E-state index contributed by atoms with van der Waals surface area (Å²) >= 11 is 0. The van der Waals surface area contributed by atoms with Crippen LogP contribution in [0.5, 0.6) is 0 Å². The van der Waals surface area contributed by atoms with Gasteiger partial charge >= 0.3 is 11.9 Å². The molecule has 0 saturated heterocycles. The van der Waals surface area contributed by atoms with Crippen LogP contribution in [0.4, 0.5) is 0 Å². The zero-order valence-electron chi connectivity index (χ0n) is 9.46. The molecule has 0 radical (unpaired) electrons. The molecule has 5 nitrogen and oxygen atoms in total. The topological polar surface area (TPSA) is 72.8 Å². The Bertz CT molecular complexity index is 374. The summed E-state index contributed by atoms with van der Waals surface area (Å²) in [5.74, 6) is -1.49. The third-order valence-electron chi connectivity index (χ3n) is 2.08. The molecule has 1 N–H and O–H groups in total. The molecule has 0 amide bonds. The molecule has 0 heterocycles. The minimum atomic E-state index is -1.48. The molecule has 0 saturated carbocycles. The van der Waals surface area contributed by atoms with Crippen LogP contribution in [0, 0.1) is 0 Å². The Kier molecular flexibility index (Phi) is 5.16. The van der Waals surface area contributed by atoms with E-state index in [1.54, 1.807) is 12.1 Å². The molecule has 0 fully saturated rings. The van der Waals surface area contributed by atoms with Gasteiger partial charge in [0.2, 0.25) is 0 Å². The summed E-state index contributed by atoms with van der Waals surface area (Å²) in [6, 6.07) is 9.06. The highest BCUT2D eigenvalue weighted by atomic mass is 16.5. The van der Waals surface area contributed by atoms with E-state index in [1.165, 1.54) is 7.11 Å². The number of hydrogen-bond donors (Lipinski definition) is 1. The fourth-order valence-electron chi connectivity index (χ4n) is 1.15. The van der Waals surface area contributed by atoms with Crippen LogP contribution in [0.25, 0.3) is 0 Å². The number of aliphatic hydroxyl groups excluding tert-OH is 1. The SMILES string of the molecule is COC(=O)C[C@@H](O)C(=O)OCc1ccccc1. The Labute approximate surface area is 99.0 Å². The molecular formula is C12H14O5. The molecule has 0 aliphatic rings. The minimum Gasteiger partial charge on any atom is -0.469 e. The second-order valence-electron chi connectivity index (χ2n) is 3.39. The van der Waals surface area contributed by atoms with Gasteiger partial charge in [0.15, 0.2) is 6.10 Å². The lowest BCUT2D eigenvalue weighted by molar-refractivity contribution is -0.160. The Morgan fingerprint density at radius 1 is 1.29 bits per heavy atom. The molecule has 1 aromatic rings. The Morgan fingerprint density at radius 3 is 2.53 bits per heavy atom. The van der Waals surface area contributed by atoms with Crippen LogP contribution >= 0.6 is 0 Å². The highest BCUT2D eigenvalue weighted by Crippen LogP contribution is 2.03. The summed E-state index contributed by atoms with van der Waals surface area (Å²) in [6.45, 7) is 0.0674. The quantitative estimate of drug-likeness (QED) is 0.762. The molecule has 1 aromatic carbocycles. The molecule has 92 valence electrons. The average molecular weight is 238 g/mol. The summed E-state index contributed by atoms with van der Waals surface area (Å²) in [6.07, 6.45) is -1.88. The maximum atomic E-state index is 11.3. The van der Waals surface area contributed by atoms with E-state index in [9.17, 15) is 14.7 Å². The van der Waals surface area contributed by atoms with Gasteiger partial charge in [-0.3, -0.25) is 4.79 Å². The van der Waals surface area contributed by atoms with E-state index in [-0.39, 0.29) is 6.61 Å². The number of aliphatic hydroxyl groups is 1. The van der Waals surface area contributed by atoms with Crippen molar-refractivity contribution >= 4 is 11.9 Å². The first-order chi connectivity index (χ1) is 8.13. The first kappa shape index (κ1) is 13.2. The maximum absolute atomic E-state index is 11.3. The van der Waals surface area contributed by atoms with E-state index in [2.05, 4.69) is 4.74 Å². The predicted molar refractivity (Wildman–Crippen MR) is 58.9 cm³/mol. The van der Waals surface area contributed by atoms with Crippen LogP contribution in [0.2, 0.25) is 0 Å². The van der Waals surface area contributed by atoms with Gasteiger partial charge in [-0.1, -0.05) is 30.3 Å². The predicted octanol–water partition coefficient (Wildman–Crippen LogP) is 0.654. The van der Waals surface area contributed by atoms with E-state index in [1.807, 2.05) is 18.2 Å². The smallest absolute Gasteiger partial charge is 0.335 e. The maximum Gasteiger partial charge on any atom is 0.335 e. The van der Waals surface area contributed by atoms with E-state index in [0.717, 1.165) is 5.56 Å². The van der Waals surface area contributed by atoms with Gasteiger partial charge in [0.1, 0.15) is 6.61 Å². The van der Waals surface area contributed by atoms with E-state index in [4.69, 9.17) is 4.74 Å². The third kappa shape index (κ3) is 4.65. The first-order valence-electron chi connectivity index (χ1n) is 5.09. The fourth-order valence-corrected chi connectivity index (χ4v) is 1.15. The van der Waals surface area contributed by atoms with Crippen LogP contribution < -0.4 is 0 Å². The van der Waals surface area contributed by atoms with Crippen LogP contribution in [0.3, 0.4) is 0 Å². The lowest BCUT2D eigenvalue weighted by atomic mass is 10.2. The van der Waals surface area contributed by atoms with Gasteiger partial charge in [0.25, 0.3) is 0 Å². The van der Waals surface area contributed by atoms with Crippen LogP contribution in [0.15, 0.2) is 30.3 Å². The van der Waals surface area contributed by atoms with E-state index >= 15 is 0 Å². The summed E-state index contributed by atoms with van der Waals surface area (Å²) in [4.78, 5) is 22.1. The summed E-state index contributed by atoms with van der Waals surface area (Å²) in [5.41, 5.74) is 0.811. The van der Waals surface area contributed by atoms with Crippen molar-refractivity contribution in [1.29, 1.82) is 0 Å². The van der Waals surface area contributed by atoms with Gasteiger partial charge in [-0.05, 0) is 5.56 Å². The minimum absolute atomic E-state index is 0.0674. The summed E-state index contributed by atoms with van der Waals surface area (Å²) in [7, 11) is 1.18. The number of rotatable bonds is 5. The average Bonchev–Trinajstić information content (AvgIpc) is 2.36. The van der Waals surface area contributed by atoms with Gasteiger partial charge in [0, 0.05) is 0 Å². The molecular weight excluding hydrogens is 224 g/mol. The highest BCUT2D eigenvalue weighted by molar-refractivity contribution is 5.81. The fraction of sp³-hybridized carbons (Fsp3) is 0.333. The van der Waals surface area contributed by atoms with Crippen molar-refractivity contribution in [2.24, 2.45) is 0 Å². The molecule has 0 bridgehead atoms. The lowest BCUT2D eigenvalue weighted by Gasteiger charge is -2.09. The Balaban J connectivity index is 2.37. The third-order valence-corrected chi connectivity index (χ3v) is 2.08. The number of carbonyl (C=O) groups excluding carboxylic acids is 2. The lowest BCUT2D eigenvalue weighted by Crippen LogP contribution is -2.26. The molecule has 1 atom stereocenters. The molecule has 0 aliphatic carbocycles. The molecule has 17 heavy (non-hydrogen) atoms. The molecule has 5 heteroatoms. The van der Waals surface area contributed by atoms with Crippen molar-refractivity contribution < 1.29 is 24.2 Å². The molecule has 0 aromatic heterocycles. The van der Waals surface area contributed by atoms with Crippen LogP contribution in [0.1, 0.15) is 12.0 Å². The van der Waals surface area contributed by atoms with Gasteiger partial charge in [-0.2, -0.15) is 0 Å². The first-order valence-corrected chi connectivity index (χ1v) is 5.09. The second kappa shape index (κ2) is 6.65. The monoisotopic (exact) mass is 238 g/mol. The highest BCUT2D eigenvalue weighted by Gasteiger charge is 2.20. The van der Waals surface area contributed by atoms with Crippen LogP contribution in [-0.2, 0) is 25.7 Å². The van der Waals surface area contributed by atoms with E-state index in [0.29, 0.717) is 0 Å². The van der Waals surface area contributed by atoms with Crippen LogP contribution in [-0.4, -0.2) is 30.3 Å². The number of carbonyl (C=O) groups is 2. The molecule has 0 aliphatic heterocycles. The number of benzene rings is 1. The Morgan fingerprint density at radius 2 is 1.94 bits per heavy atom. The normalized spacial score (nSPS) is 11.6. The largest absolute Gasteiger partial charge is 0.469 e. The van der Waals surface area contributed by atoms with Crippen molar-refractivity contribution in [1.82, 2.24) is 0 Å². The van der Waals surface area contributed by atoms with Crippen molar-refractivity contribution in [3.05, 3.63) is 35.9 Å². The standard InChI is InChI=1S/C12H14O5/c1-16-11(14)7-10(13)12(15)17-8-9-5-3-2-4-6-9/h2-6,10,13H,7-8H2,1H3/t10-/m1/s1. The Hall–Kier alpha value is -1.88. The van der Waals surface area contributed by atoms with Crippen molar-refractivity contribution in [2.75, 3.05) is 7.11 Å². The second-order valence-corrected chi connectivity index (χ2v) is 3.39.